The highest BCUT2D eigenvalue weighted by Gasteiger charge is 2.05. The number of phenols is 1. The number of imidazole rings is 1. The lowest BCUT2D eigenvalue weighted by molar-refractivity contribution is 0.476. The summed E-state index contributed by atoms with van der Waals surface area (Å²) < 4.78 is 0. The van der Waals surface area contributed by atoms with Crippen LogP contribution < -0.4 is 5.56 Å². The van der Waals surface area contributed by atoms with Gasteiger partial charge in [0.1, 0.15) is 11.6 Å². The van der Waals surface area contributed by atoms with Crippen LogP contribution in [-0.2, 0) is 0 Å². The summed E-state index contributed by atoms with van der Waals surface area (Å²) >= 11 is 0. The van der Waals surface area contributed by atoms with Gasteiger partial charge in [0.2, 0.25) is 5.56 Å². The maximum Gasteiger partial charge on any atom is 0.248 e. The van der Waals surface area contributed by atoms with Crippen LogP contribution in [0.1, 0.15) is 0 Å². The summed E-state index contributed by atoms with van der Waals surface area (Å²) in [5.74, 6) is 0.787. The average molecular weight is 227 g/mol. The van der Waals surface area contributed by atoms with Gasteiger partial charge in [-0.3, -0.25) is 4.79 Å². The molecule has 0 aliphatic heterocycles. The predicted octanol–water partition coefficient (Wildman–Crippen LogP) is 1.62. The number of H-pyrrole nitrogens is 2. The molecule has 5 heteroatoms. The monoisotopic (exact) mass is 227 g/mol. The minimum Gasteiger partial charge on any atom is -0.508 e. The van der Waals surface area contributed by atoms with Crippen LogP contribution in [0.15, 0.2) is 41.3 Å². The Kier molecular flexibility index (Phi) is 1.98. The van der Waals surface area contributed by atoms with Crippen molar-refractivity contribution in [3.05, 3.63) is 46.9 Å². The summed E-state index contributed by atoms with van der Waals surface area (Å²) in [4.78, 5) is 21.1. The molecule has 0 bridgehead atoms. The van der Waals surface area contributed by atoms with Gasteiger partial charge >= 0.3 is 0 Å². The number of aromatic amines is 2. The van der Waals surface area contributed by atoms with Crippen LogP contribution in [0.4, 0.5) is 0 Å². The van der Waals surface area contributed by atoms with Gasteiger partial charge in [0.25, 0.3) is 0 Å². The van der Waals surface area contributed by atoms with Gasteiger partial charge in [-0.2, -0.15) is 0 Å². The standard InChI is InChI=1S/C12H9N3O2/c16-8-1-2-9-10(6-8)15-12(14-9)7-3-4-13-11(17)5-7/h1-6,16H,(H,13,17)(H,14,15). The van der Waals surface area contributed by atoms with Crippen molar-refractivity contribution in [1.29, 1.82) is 0 Å². The quantitative estimate of drug-likeness (QED) is 0.590. The molecule has 0 saturated heterocycles. The summed E-state index contributed by atoms with van der Waals surface area (Å²) in [7, 11) is 0. The van der Waals surface area contributed by atoms with Crippen molar-refractivity contribution in [2.75, 3.05) is 0 Å². The van der Waals surface area contributed by atoms with Gasteiger partial charge in [0, 0.05) is 23.9 Å². The fourth-order valence-electron chi connectivity index (χ4n) is 1.73. The zero-order valence-electron chi connectivity index (χ0n) is 8.77. The highest BCUT2D eigenvalue weighted by molar-refractivity contribution is 5.80. The van der Waals surface area contributed by atoms with Crippen molar-refractivity contribution in [3.8, 4) is 17.1 Å². The Bertz CT molecular complexity index is 743. The third-order valence-corrected chi connectivity index (χ3v) is 2.51. The van der Waals surface area contributed by atoms with E-state index < -0.39 is 0 Å². The minimum atomic E-state index is -0.175. The molecular weight excluding hydrogens is 218 g/mol. The first-order valence-electron chi connectivity index (χ1n) is 5.10. The van der Waals surface area contributed by atoms with E-state index in [0.29, 0.717) is 11.4 Å². The molecule has 0 amide bonds. The summed E-state index contributed by atoms with van der Waals surface area (Å²) in [5.41, 5.74) is 2.02. The average Bonchev–Trinajstić information content (AvgIpc) is 2.72. The molecular formula is C12H9N3O2. The first-order valence-corrected chi connectivity index (χ1v) is 5.10. The van der Waals surface area contributed by atoms with E-state index >= 15 is 0 Å². The molecule has 0 unspecified atom stereocenters. The SMILES string of the molecule is O=c1cc(-c2nc3ccc(O)cc3[nH]2)cc[nH]1. The van der Waals surface area contributed by atoms with Crippen LogP contribution in [0, 0.1) is 0 Å². The van der Waals surface area contributed by atoms with Crippen molar-refractivity contribution in [2.45, 2.75) is 0 Å². The lowest BCUT2D eigenvalue weighted by Gasteiger charge is -1.93. The van der Waals surface area contributed by atoms with E-state index in [-0.39, 0.29) is 11.3 Å². The molecule has 0 fully saturated rings. The van der Waals surface area contributed by atoms with Crippen molar-refractivity contribution in [3.63, 3.8) is 0 Å². The number of rotatable bonds is 1. The van der Waals surface area contributed by atoms with Crippen molar-refractivity contribution in [1.82, 2.24) is 15.0 Å². The Balaban J connectivity index is 2.21. The Labute approximate surface area is 95.8 Å². The van der Waals surface area contributed by atoms with E-state index in [2.05, 4.69) is 15.0 Å². The van der Waals surface area contributed by atoms with Gasteiger partial charge in [-0.25, -0.2) is 4.98 Å². The van der Waals surface area contributed by atoms with Gasteiger partial charge in [0.15, 0.2) is 0 Å². The number of pyridine rings is 1. The highest BCUT2D eigenvalue weighted by atomic mass is 16.3. The molecule has 0 radical (unpaired) electrons. The number of aromatic nitrogens is 3. The molecule has 3 rings (SSSR count). The Hall–Kier alpha value is -2.56. The number of hydrogen-bond acceptors (Lipinski definition) is 3. The number of aromatic hydroxyl groups is 1. The van der Waals surface area contributed by atoms with E-state index in [9.17, 15) is 9.90 Å². The van der Waals surface area contributed by atoms with Crippen LogP contribution in [0.2, 0.25) is 0 Å². The smallest absolute Gasteiger partial charge is 0.248 e. The second-order valence-corrected chi connectivity index (χ2v) is 3.73. The summed E-state index contributed by atoms with van der Waals surface area (Å²) in [6.07, 6.45) is 1.57. The Morgan fingerprint density at radius 2 is 2.06 bits per heavy atom. The van der Waals surface area contributed by atoms with Crippen LogP contribution in [-0.4, -0.2) is 20.1 Å². The number of phenolic OH excluding ortho intramolecular Hbond substituents is 1. The molecule has 0 aliphatic rings. The molecule has 0 atom stereocenters. The van der Waals surface area contributed by atoms with Crippen molar-refractivity contribution < 1.29 is 5.11 Å². The number of hydrogen-bond donors (Lipinski definition) is 3. The predicted molar refractivity (Wildman–Crippen MR) is 63.8 cm³/mol. The molecule has 17 heavy (non-hydrogen) atoms. The Morgan fingerprint density at radius 1 is 1.18 bits per heavy atom. The van der Waals surface area contributed by atoms with Crippen LogP contribution >= 0.6 is 0 Å². The normalized spacial score (nSPS) is 10.8. The molecule has 5 nitrogen and oxygen atoms in total. The lowest BCUT2D eigenvalue weighted by atomic mass is 10.2. The molecule has 0 saturated carbocycles. The largest absolute Gasteiger partial charge is 0.508 e. The topological polar surface area (TPSA) is 81.8 Å². The first kappa shape index (κ1) is 9.65. The first-order chi connectivity index (χ1) is 8.22. The van der Waals surface area contributed by atoms with Gasteiger partial charge in [0.05, 0.1) is 11.0 Å². The zero-order chi connectivity index (χ0) is 11.8. The van der Waals surface area contributed by atoms with Crippen molar-refractivity contribution >= 4 is 11.0 Å². The molecule has 3 N–H and O–H groups in total. The number of benzene rings is 1. The van der Waals surface area contributed by atoms with Gasteiger partial charge in [-0.05, 0) is 18.2 Å². The second kappa shape index (κ2) is 3.48. The summed E-state index contributed by atoms with van der Waals surface area (Å²) in [6.45, 7) is 0. The fraction of sp³-hybridized carbons (Fsp3) is 0. The van der Waals surface area contributed by atoms with E-state index in [0.717, 1.165) is 11.0 Å². The van der Waals surface area contributed by atoms with E-state index in [1.807, 2.05) is 0 Å². The molecule has 2 heterocycles. The summed E-state index contributed by atoms with van der Waals surface area (Å²) in [6, 6.07) is 8.12. The van der Waals surface area contributed by atoms with E-state index in [4.69, 9.17) is 0 Å². The van der Waals surface area contributed by atoms with Gasteiger partial charge in [-0.15, -0.1) is 0 Å². The van der Waals surface area contributed by atoms with Gasteiger partial charge in [-0.1, -0.05) is 0 Å². The summed E-state index contributed by atoms with van der Waals surface area (Å²) in [5, 5.41) is 9.35. The third-order valence-electron chi connectivity index (χ3n) is 2.51. The molecule has 1 aromatic carbocycles. The Morgan fingerprint density at radius 3 is 2.88 bits per heavy atom. The maximum atomic E-state index is 11.2. The van der Waals surface area contributed by atoms with Crippen LogP contribution in [0.5, 0.6) is 5.75 Å². The molecule has 0 spiro atoms. The zero-order valence-corrected chi connectivity index (χ0v) is 8.77. The molecule has 84 valence electrons. The second-order valence-electron chi connectivity index (χ2n) is 3.73. The van der Waals surface area contributed by atoms with E-state index in [1.54, 1.807) is 30.5 Å². The van der Waals surface area contributed by atoms with Crippen LogP contribution in [0.25, 0.3) is 22.4 Å². The maximum absolute atomic E-state index is 11.2. The number of nitrogens with zero attached hydrogens (tertiary/aromatic N) is 1. The molecule has 2 aromatic heterocycles. The van der Waals surface area contributed by atoms with Crippen LogP contribution in [0.3, 0.4) is 0 Å². The third kappa shape index (κ3) is 1.67. The lowest BCUT2D eigenvalue weighted by Crippen LogP contribution is -2.02. The highest BCUT2D eigenvalue weighted by Crippen LogP contribution is 2.22. The number of nitrogens with one attached hydrogen (secondary N) is 2. The van der Waals surface area contributed by atoms with Gasteiger partial charge < -0.3 is 15.1 Å². The molecule has 0 aliphatic carbocycles. The fourth-order valence-corrected chi connectivity index (χ4v) is 1.73. The van der Waals surface area contributed by atoms with E-state index in [1.165, 1.54) is 6.07 Å². The minimum absolute atomic E-state index is 0.175. The number of fused-ring (bicyclic) bond motifs is 1. The van der Waals surface area contributed by atoms with Crippen molar-refractivity contribution in [2.24, 2.45) is 0 Å². The molecule has 3 aromatic rings.